The van der Waals surface area contributed by atoms with Crippen LogP contribution in [0, 0.1) is 5.92 Å². The van der Waals surface area contributed by atoms with Crippen molar-refractivity contribution in [3.63, 3.8) is 0 Å². The molecule has 3 unspecified atom stereocenters. The molecule has 1 aromatic heterocycles. The zero-order valence-electron chi connectivity index (χ0n) is 11.0. The van der Waals surface area contributed by atoms with E-state index in [1.54, 1.807) is 0 Å². The van der Waals surface area contributed by atoms with E-state index in [-0.39, 0.29) is 0 Å². The lowest BCUT2D eigenvalue weighted by molar-refractivity contribution is 0.187. The Labute approximate surface area is 109 Å². The van der Waals surface area contributed by atoms with E-state index in [0.717, 1.165) is 13.1 Å². The first-order valence-corrected chi connectivity index (χ1v) is 6.96. The monoisotopic (exact) mass is 246 g/mol. The molecule has 0 aliphatic carbocycles. The maximum atomic E-state index is 4.09. The van der Waals surface area contributed by atoms with Crippen LogP contribution < -0.4 is 10.9 Å². The summed E-state index contributed by atoms with van der Waals surface area (Å²) in [6.45, 7) is 5.70. The Kier molecular flexibility index (Phi) is 3.59. The lowest BCUT2D eigenvalue weighted by atomic mass is 9.95. The highest BCUT2D eigenvalue weighted by Gasteiger charge is 2.36. The van der Waals surface area contributed by atoms with Crippen molar-refractivity contribution in [1.29, 1.82) is 0 Å². The van der Waals surface area contributed by atoms with Gasteiger partial charge in [-0.25, -0.2) is 0 Å². The molecule has 2 aliphatic heterocycles. The zero-order valence-corrected chi connectivity index (χ0v) is 11.0. The Morgan fingerprint density at radius 2 is 2.22 bits per heavy atom. The molecule has 3 atom stereocenters. The average Bonchev–Trinajstić information content (AvgIpc) is 2.99. The van der Waals surface area contributed by atoms with E-state index in [0.29, 0.717) is 18.0 Å². The van der Waals surface area contributed by atoms with Crippen LogP contribution in [0.2, 0.25) is 0 Å². The minimum Gasteiger partial charge on any atom is -0.295 e. The average molecular weight is 246 g/mol. The molecule has 0 spiro atoms. The molecule has 2 fully saturated rings. The molecule has 0 aromatic carbocycles. The standard InChI is InChI=1S/C14H22N4/c1-11-9-16-17-14(11)13-3-2-8-18(13)10-12-4-6-15-7-5-12/h4-7,11,13-14,16-17H,2-3,8-10H2,1H3. The first kappa shape index (κ1) is 12.1. The Bertz CT molecular complexity index is 381. The number of hydrogen-bond donors (Lipinski definition) is 2. The van der Waals surface area contributed by atoms with Crippen LogP contribution in [0.25, 0.3) is 0 Å². The Morgan fingerprint density at radius 3 is 2.94 bits per heavy atom. The van der Waals surface area contributed by atoms with E-state index < -0.39 is 0 Å². The van der Waals surface area contributed by atoms with Gasteiger partial charge in [0, 0.05) is 37.6 Å². The van der Waals surface area contributed by atoms with Gasteiger partial charge in [0.1, 0.15) is 0 Å². The predicted molar refractivity (Wildman–Crippen MR) is 71.8 cm³/mol. The van der Waals surface area contributed by atoms with Gasteiger partial charge in [0.25, 0.3) is 0 Å². The predicted octanol–water partition coefficient (Wildman–Crippen LogP) is 1.16. The molecule has 3 rings (SSSR count). The Hall–Kier alpha value is -0.970. The Balaban J connectivity index is 1.68. The molecule has 2 aliphatic rings. The van der Waals surface area contributed by atoms with E-state index in [2.05, 4.69) is 39.8 Å². The number of nitrogens with zero attached hydrogens (tertiary/aromatic N) is 2. The SMILES string of the molecule is CC1CNNC1C1CCCN1Cc1ccncc1. The minimum atomic E-state index is 0.592. The van der Waals surface area contributed by atoms with Crippen molar-refractivity contribution in [3.05, 3.63) is 30.1 Å². The summed E-state index contributed by atoms with van der Waals surface area (Å²) in [4.78, 5) is 6.71. The molecular formula is C14H22N4. The number of hydrazine groups is 1. The molecule has 0 saturated carbocycles. The minimum absolute atomic E-state index is 0.592. The highest BCUT2D eigenvalue weighted by molar-refractivity contribution is 5.10. The van der Waals surface area contributed by atoms with Gasteiger partial charge in [0.15, 0.2) is 0 Å². The highest BCUT2D eigenvalue weighted by atomic mass is 15.4. The lowest BCUT2D eigenvalue weighted by Gasteiger charge is -2.31. The van der Waals surface area contributed by atoms with Crippen molar-refractivity contribution >= 4 is 0 Å². The normalized spacial score (nSPS) is 33.1. The van der Waals surface area contributed by atoms with Crippen molar-refractivity contribution in [1.82, 2.24) is 20.7 Å². The molecule has 0 amide bonds. The third kappa shape index (κ3) is 2.41. The van der Waals surface area contributed by atoms with Crippen LogP contribution in [-0.2, 0) is 6.54 Å². The van der Waals surface area contributed by atoms with E-state index in [4.69, 9.17) is 0 Å². The second-order valence-electron chi connectivity index (χ2n) is 5.56. The third-order valence-electron chi connectivity index (χ3n) is 4.27. The van der Waals surface area contributed by atoms with Gasteiger partial charge >= 0.3 is 0 Å². The molecule has 1 aromatic rings. The van der Waals surface area contributed by atoms with Crippen molar-refractivity contribution in [2.24, 2.45) is 5.92 Å². The summed E-state index contributed by atoms with van der Waals surface area (Å²) in [5, 5.41) is 0. The number of likely N-dealkylation sites (tertiary alicyclic amines) is 1. The summed E-state index contributed by atoms with van der Waals surface area (Å²) in [5.41, 5.74) is 8.13. The highest BCUT2D eigenvalue weighted by Crippen LogP contribution is 2.26. The second-order valence-corrected chi connectivity index (χ2v) is 5.56. The van der Waals surface area contributed by atoms with Gasteiger partial charge < -0.3 is 0 Å². The van der Waals surface area contributed by atoms with Crippen LogP contribution in [0.4, 0.5) is 0 Å². The number of aromatic nitrogens is 1. The molecule has 4 nitrogen and oxygen atoms in total. The van der Waals surface area contributed by atoms with Crippen molar-refractivity contribution in [2.75, 3.05) is 13.1 Å². The first-order valence-electron chi connectivity index (χ1n) is 6.96. The summed E-state index contributed by atoms with van der Waals surface area (Å²) >= 11 is 0. The lowest BCUT2D eigenvalue weighted by Crippen LogP contribution is -2.47. The van der Waals surface area contributed by atoms with Gasteiger partial charge in [0.2, 0.25) is 0 Å². The molecule has 2 N–H and O–H groups in total. The summed E-state index contributed by atoms with van der Waals surface area (Å²) < 4.78 is 0. The summed E-state index contributed by atoms with van der Waals surface area (Å²) in [5.74, 6) is 0.716. The quantitative estimate of drug-likeness (QED) is 0.839. The molecule has 0 bridgehead atoms. The van der Waals surface area contributed by atoms with E-state index in [1.807, 2.05) is 12.4 Å². The van der Waals surface area contributed by atoms with Crippen molar-refractivity contribution in [3.8, 4) is 0 Å². The van der Waals surface area contributed by atoms with Crippen LogP contribution in [-0.4, -0.2) is 35.1 Å². The van der Waals surface area contributed by atoms with Crippen LogP contribution >= 0.6 is 0 Å². The second kappa shape index (κ2) is 5.34. The van der Waals surface area contributed by atoms with Gasteiger partial charge in [-0.1, -0.05) is 6.92 Å². The van der Waals surface area contributed by atoms with Crippen molar-refractivity contribution in [2.45, 2.75) is 38.4 Å². The van der Waals surface area contributed by atoms with Gasteiger partial charge in [-0.2, -0.15) is 0 Å². The maximum absolute atomic E-state index is 4.09. The van der Waals surface area contributed by atoms with Gasteiger partial charge in [0.05, 0.1) is 0 Å². The van der Waals surface area contributed by atoms with Crippen LogP contribution in [0.5, 0.6) is 0 Å². The van der Waals surface area contributed by atoms with Gasteiger partial charge in [-0.3, -0.25) is 20.7 Å². The topological polar surface area (TPSA) is 40.2 Å². The largest absolute Gasteiger partial charge is 0.295 e. The fourth-order valence-corrected chi connectivity index (χ4v) is 3.26. The number of hydrogen-bond acceptors (Lipinski definition) is 4. The van der Waals surface area contributed by atoms with Gasteiger partial charge in [-0.05, 0) is 43.0 Å². The smallest absolute Gasteiger partial charge is 0.0406 e. The van der Waals surface area contributed by atoms with E-state index in [1.165, 1.54) is 24.9 Å². The summed E-state index contributed by atoms with van der Waals surface area (Å²) in [6.07, 6.45) is 6.41. The number of nitrogens with one attached hydrogen (secondary N) is 2. The molecule has 98 valence electrons. The zero-order chi connectivity index (χ0) is 12.4. The summed E-state index contributed by atoms with van der Waals surface area (Å²) in [7, 11) is 0. The van der Waals surface area contributed by atoms with E-state index >= 15 is 0 Å². The summed E-state index contributed by atoms with van der Waals surface area (Å²) in [6, 6.07) is 5.51. The molecule has 3 heterocycles. The maximum Gasteiger partial charge on any atom is 0.0406 e. The van der Waals surface area contributed by atoms with E-state index in [9.17, 15) is 0 Å². The van der Waals surface area contributed by atoms with Crippen LogP contribution in [0.3, 0.4) is 0 Å². The fraction of sp³-hybridized carbons (Fsp3) is 0.643. The van der Waals surface area contributed by atoms with Crippen LogP contribution in [0.1, 0.15) is 25.3 Å². The fourth-order valence-electron chi connectivity index (χ4n) is 3.26. The third-order valence-corrected chi connectivity index (χ3v) is 4.27. The Morgan fingerprint density at radius 1 is 1.39 bits per heavy atom. The van der Waals surface area contributed by atoms with Gasteiger partial charge in [-0.15, -0.1) is 0 Å². The number of rotatable bonds is 3. The number of pyridine rings is 1. The molecule has 4 heteroatoms. The molecule has 2 saturated heterocycles. The van der Waals surface area contributed by atoms with Crippen molar-refractivity contribution < 1.29 is 0 Å². The molecule has 0 radical (unpaired) electrons. The molecule has 18 heavy (non-hydrogen) atoms. The van der Waals surface area contributed by atoms with Crippen LogP contribution in [0.15, 0.2) is 24.5 Å². The molecular weight excluding hydrogens is 224 g/mol. The first-order chi connectivity index (χ1) is 8.84.